The Morgan fingerprint density at radius 2 is 1.94 bits per heavy atom. The minimum atomic E-state index is 0.110. The highest BCUT2D eigenvalue weighted by Crippen LogP contribution is 2.27. The lowest BCUT2D eigenvalue weighted by Crippen LogP contribution is -2.43. The van der Waals surface area contributed by atoms with Gasteiger partial charge < -0.3 is 37.3 Å². The molecule has 1 aliphatic carbocycles. The summed E-state index contributed by atoms with van der Waals surface area (Å²) in [6, 6.07) is 11.2. The molecule has 1 aliphatic heterocycles. The summed E-state index contributed by atoms with van der Waals surface area (Å²) < 4.78 is 6.00. The zero-order chi connectivity index (χ0) is 23.9. The van der Waals surface area contributed by atoms with Crippen LogP contribution in [0, 0.1) is 0 Å². The highest BCUT2D eigenvalue weighted by Gasteiger charge is 2.22. The number of para-hydroxylation sites is 1. The van der Waals surface area contributed by atoms with Gasteiger partial charge in [0.2, 0.25) is 5.88 Å². The number of aromatic nitrogens is 1. The lowest BCUT2D eigenvalue weighted by atomic mass is 9.96. The first-order valence-corrected chi connectivity index (χ1v) is 12.1. The zero-order valence-corrected chi connectivity index (χ0v) is 19.6. The van der Waals surface area contributed by atoms with Crippen molar-refractivity contribution in [3.63, 3.8) is 0 Å². The maximum atomic E-state index is 10.3. The summed E-state index contributed by atoms with van der Waals surface area (Å²) in [6.45, 7) is 2.29. The van der Waals surface area contributed by atoms with E-state index in [4.69, 9.17) is 21.9 Å². The van der Waals surface area contributed by atoms with Crippen molar-refractivity contribution < 1.29 is 9.84 Å². The molecule has 2 aliphatic rings. The van der Waals surface area contributed by atoms with Crippen molar-refractivity contribution in [2.45, 2.75) is 57.2 Å². The molecule has 1 saturated heterocycles. The van der Waals surface area contributed by atoms with Crippen LogP contribution in [0.25, 0.3) is 5.70 Å². The average Bonchev–Trinajstić information content (AvgIpc) is 2.80. The molecular formula is C26H36N6O2. The van der Waals surface area contributed by atoms with Crippen LogP contribution in [-0.2, 0) is 6.54 Å². The van der Waals surface area contributed by atoms with E-state index < -0.39 is 0 Å². The second-order valence-electron chi connectivity index (χ2n) is 9.16. The molecule has 8 nitrogen and oxygen atoms in total. The Labute approximate surface area is 201 Å². The van der Waals surface area contributed by atoms with Crippen molar-refractivity contribution in [2.75, 3.05) is 13.1 Å². The number of phenolic OH excluding ortho intramolecular Hbond substituents is 1. The summed E-state index contributed by atoms with van der Waals surface area (Å²) >= 11 is 0. The summed E-state index contributed by atoms with van der Waals surface area (Å²) in [6.07, 6.45) is 10.6. The quantitative estimate of drug-likeness (QED) is 0.358. The summed E-state index contributed by atoms with van der Waals surface area (Å²) in [4.78, 5) is 6.53. The van der Waals surface area contributed by atoms with Crippen molar-refractivity contribution in [2.24, 2.45) is 17.2 Å². The Balaban J connectivity index is 1.61. The number of phenols is 1. The fraction of sp³-hybridized carbons (Fsp3) is 0.423. The van der Waals surface area contributed by atoms with Crippen molar-refractivity contribution in [1.82, 2.24) is 15.2 Å². The Morgan fingerprint density at radius 1 is 1.12 bits per heavy atom. The lowest BCUT2D eigenvalue weighted by molar-refractivity contribution is 0.114. The lowest BCUT2D eigenvalue weighted by Gasteiger charge is -2.33. The minimum absolute atomic E-state index is 0.110. The first-order valence-electron chi connectivity index (χ1n) is 12.1. The number of nitrogens with zero attached hydrogens (tertiary/aromatic N) is 2. The van der Waals surface area contributed by atoms with E-state index in [2.05, 4.69) is 15.2 Å². The third-order valence-electron chi connectivity index (χ3n) is 6.51. The van der Waals surface area contributed by atoms with Crippen LogP contribution in [0.3, 0.4) is 0 Å². The minimum Gasteiger partial charge on any atom is -0.507 e. The van der Waals surface area contributed by atoms with E-state index in [-0.39, 0.29) is 17.7 Å². The standard InChI is InChI=1S/C26H36N6O2/c27-22(21-9-1-2-10-24(21)33)15-23(26(28)29)32(17-19-6-3-4-12-30-19)16-18-11-13-31-25(14-18)34-20-7-5-8-20/h1-2,9-11,13-15,19-20,30,33H,3-8,12,16-17,27-29H2/b22-15-. The summed E-state index contributed by atoms with van der Waals surface area (Å²) in [7, 11) is 0. The largest absolute Gasteiger partial charge is 0.507 e. The van der Waals surface area contributed by atoms with E-state index in [1.54, 1.807) is 30.5 Å². The number of benzene rings is 1. The van der Waals surface area contributed by atoms with Gasteiger partial charge in [-0.25, -0.2) is 4.98 Å². The molecule has 1 atom stereocenters. The van der Waals surface area contributed by atoms with Gasteiger partial charge in [0.25, 0.3) is 0 Å². The number of piperidine rings is 1. The number of hydrogen-bond acceptors (Lipinski definition) is 8. The molecule has 8 N–H and O–H groups in total. The predicted octanol–water partition coefficient (Wildman–Crippen LogP) is 2.75. The van der Waals surface area contributed by atoms with E-state index in [0.29, 0.717) is 35.4 Å². The Bertz CT molecular complexity index is 1020. The van der Waals surface area contributed by atoms with E-state index in [1.165, 1.54) is 19.3 Å². The Morgan fingerprint density at radius 3 is 2.62 bits per heavy atom. The number of nitrogens with one attached hydrogen (secondary N) is 1. The summed E-state index contributed by atoms with van der Waals surface area (Å²) in [5.41, 5.74) is 21.4. The molecule has 0 bridgehead atoms. The summed E-state index contributed by atoms with van der Waals surface area (Å²) in [5.74, 6) is 0.932. The van der Waals surface area contributed by atoms with Crippen LogP contribution in [0.1, 0.15) is 49.7 Å². The molecule has 2 aromatic rings. The Kier molecular flexibility index (Phi) is 7.80. The maximum absolute atomic E-state index is 10.3. The fourth-order valence-corrected chi connectivity index (χ4v) is 4.39. The second kappa shape index (κ2) is 11.2. The molecule has 2 heterocycles. The molecule has 4 rings (SSSR count). The van der Waals surface area contributed by atoms with Crippen LogP contribution in [-0.4, -0.2) is 40.2 Å². The Hall–Kier alpha value is -3.39. The number of aromatic hydroxyl groups is 1. The molecule has 1 aromatic carbocycles. The molecule has 1 saturated carbocycles. The van der Waals surface area contributed by atoms with Gasteiger partial charge in [-0.15, -0.1) is 0 Å². The predicted molar refractivity (Wildman–Crippen MR) is 134 cm³/mol. The van der Waals surface area contributed by atoms with Gasteiger partial charge in [0.15, 0.2) is 0 Å². The molecule has 0 spiro atoms. The molecule has 0 radical (unpaired) electrons. The van der Waals surface area contributed by atoms with Gasteiger partial charge in [-0.1, -0.05) is 18.6 Å². The van der Waals surface area contributed by atoms with Gasteiger partial charge in [-0.2, -0.15) is 0 Å². The normalized spacial score (nSPS) is 18.7. The van der Waals surface area contributed by atoms with Crippen LogP contribution in [0.2, 0.25) is 0 Å². The molecule has 2 fully saturated rings. The van der Waals surface area contributed by atoms with Gasteiger partial charge in [0, 0.05) is 42.7 Å². The van der Waals surface area contributed by atoms with Crippen LogP contribution in [0.4, 0.5) is 0 Å². The van der Waals surface area contributed by atoms with Crippen molar-refractivity contribution >= 4 is 5.70 Å². The maximum Gasteiger partial charge on any atom is 0.213 e. The molecular weight excluding hydrogens is 428 g/mol. The van der Waals surface area contributed by atoms with Crippen molar-refractivity contribution in [3.8, 4) is 11.6 Å². The zero-order valence-electron chi connectivity index (χ0n) is 19.6. The summed E-state index contributed by atoms with van der Waals surface area (Å²) in [5, 5.41) is 13.9. The SMILES string of the molecule is NC(N)=C(/C=C(\N)c1ccccc1O)N(Cc1ccnc(OC2CCC2)c1)CC1CCCCN1. The van der Waals surface area contributed by atoms with E-state index >= 15 is 0 Å². The van der Waals surface area contributed by atoms with Gasteiger partial charge in [0.1, 0.15) is 17.7 Å². The van der Waals surface area contributed by atoms with Crippen LogP contribution >= 0.6 is 0 Å². The fourth-order valence-electron chi connectivity index (χ4n) is 4.39. The number of pyridine rings is 1. The van der Waals surface area contributed by atoms with Gasteiger partial charge in [0.05, 0.1) is 5.70 Å². The third kappa shape index (κ3) is 6.14. The molecule has 0 amide bonds. The van der Waals surface area contributed by atoms with Crippen molar-refractivity contribution in [3.05, 3.63) is 71.3 Å². The smallest absolute Gasteiger partial charge is 0.213 e. The highest BCUT2D eigenvalue weighted by molar-refractivity contribution is 5.69. The van der Waals surface area contributed by atoms with Gasteiger partial charge >= 0.3 is 0 Å². The molecule has 182 valence electrons. The molecule has 34 heavy (non-hydrogen) atoms. The van der Waals surface area contributed by atoms with Gasteiger partial charge in [-0.3, -0.25) is 0 Å². The van der Waals surface area contributed by atoms with Crippen LogP contribution in [0.15, 0.2) is 60.2 Å². The van der Waals surface area contributed by atoms with Gasteiger partial charge in [-0.05, 0) is 68.5 Å². The second-order valence-corrected chi connectivity index (χ2v) is 9.16. The average molecular weight is 465 g/mol. The number of hydrogen-bond donors (Lipinski definition) is 5. The van der Waals surface area contributed by atoms with Crippen LogP contribution in [0.5, 0.6) is 11.6 Å². The number of ether oxygens (including phenoxy) is 1. The van der Waals surface area contributed by atoms with E-state index in [1.807, 2.05) is 18.2 Å². The van der Waals surface area contributed by atoms with E-state index in [0.717, 1.165) is 37.9 Å². The monoisotopic (exact) mass is 464 g/mol. The third-order valence-corrected chi connectivity index (χ3v) is 6.51. The number of nitrogens with two attached hydrogens (primary N) is 3. The van der Waals surface area contributed by atoms with Crippen LogP contribution < -0.4 is 27.3 Å². The first kappa shape index (κ1) is 23.8. The van der Waals surface area contributed by atoms with Crippen molar-refractivity contribution in [1.29, 1.82) is 0 Å². The first-order chi connectivity index (χ1) is 16.5. The topological polar surface area (TPSA) is 136 Å². The highest BCUT2D eigenvalue weighted by atomic mass is 16.5. The molecule has 1 unspecified atom stereocenters. The number of rotatable bonds is 9. The molecule has 1 aromatic heterocycles. The molecule has 8 heteroatoms. The number of allylic oxidation sites excluding steroid dienone is 1. The van der Waals surface area contributed by atoms with E-state index in [9.17, 15) is 5.11 Å².